The lowest BCUT2D eigenvalue weighted by Gasteiger charge is -2.09. The first kappa shape index (κ1) is 17.2. The Morgan fingerprint density at radius 2 is 1.76 bits per heavy atom. The van der Waals surface area contributed by atoms with E-state index in [0.717, 1.165) is 11.3 Å². The molecule has 0 unspecified atom stereocenters. The van der Waals surface area contributed by atoms with Crippen LogP contribution in [0.3, 0.4) is 0 Å². The highest BCUT2D eigenvalue weighted by Gasteiger charge is 2.11. The summed E-state index contributed by atoms with van der Waals surface area (Å²) >= 11 is 11.9. The van der Waals surface area contributed by atoms with E-state index in [2.05, 4.69) is 20.6 Å². The molecule has 3 aromatic rings. The third-order valence-corrected chi connectivity index (χ3v) is 3.84. The Kier molecular flexibility index (Phi) is 5.16. The van der Waals surface area contributed by atoms with E-state index in [1.165, 1.54) is 6.20 Å². The number of amides is 1. The molecule has 0 aliphatic carbocycles. The lowest BCUT2D eigenvalue weighted by molar-refractivity contribution is 0.102. The highest BCUT2D eigenvalue weighted by atomic mass is 35.5. The molecule has 2 aromatic carbocycles. The summed E-state index contributed by atoms with van der Waals surface area (Å²) in [6.45, 7) is 1.92. The molecular formula is C18H14Cl2N4O. The van der Waals surface area contributed by atoms with E-state index in [0.29, 0.717) is 15.7 Å². The van der Waals surface area contributed by atoms with Gasteiger partial charge in [-0.25, -0.2) is 9.97 Å². The molecule has 0 radical (unpaired) electrons. The summed E-state index contributed by atoms with van der Waals surface area (Å²) in [6, 6.07) is 14.1. The predicted octanol–water partition coefficient (Wildman–Crippen LogP) is 5.09. The molecule has 0 bridgehead atoms. The summed E-state index contributed by atoms with van der Waals surface area (Å²) in [7, 11) is 0. The highest BCUT2D eigenvalue weighted by Crippen LogP contribution is 2.24. The van der Waals surface area contributed by atoms with Crippen LogP contribution in [0.5, 0.6) is 0 Å². The average Bonchev–Trinajstić information content (AvgIpc) is 2.56. The smallest absolute Gasteiger partial charge is 0.274 e. The molecule has 5 nitrogen and oxygen atoms in total. The molecule has 1 heterocycles. The van der Waals surface area contributed by atoms with Gasteiger partial charge in [-0.2, -0.15) is 0 Å². The van der Waals surface area contributed by atoms with E-state index in [1.807, 2.05) is 31.2 Å². The largest absolute Gasteiger partial charge is 0.324 e. The number of carbonyl (C=O) groups is 1. The second-order valence-corrected chi connectivity index (χ2v) is 6.19. The normalized spacial score (nSPS) is 10.4. The van der Waals surface area contributed by atoms with Crippen molar-refractivity contribution in [3.05, 3.63) is 76.0 Å². The van der Waals surface area contributed by atoms with Crippen LogP contribution in [0.2, 0.25) is 10.0 Å². The first-order valence-corrected chi connectivity index (χ1v) is 8.20. The molecule has 2 N–H and O–H groups in total. The van der Waals surface area contributed by atoms with Gasteiger partial charge in [-0.3, -0.25) is 4.79 Å². The number of benzene rings is 2. The number of hydrogen-bond acceptors (Lipinski definition) is 4. The number of carbonyl (C=O) groups excluding carboxylic acids is 1. The zero-order valence-electron chi connectivity index (χ0n) is 13.3. The van der Waals surface area contributed by atoms with Crippen molar-refractivity contribution in [2.45, 2.75) is 6.92 Å². The standard InChI is InChI=1S/C18H14Cl2N4O/c1-11-4-2-3-5-15(11)23-17(25)16-6-7-21-18(24-16)22-14-9-12(19)8-13(20)10-14/h2-10H,1H3,(H,23,25)(H,21,22,24). The molecule has 126 valence electrons. The van der Waals surface area contributed by atoms with Crippen molar-refractivity contribution in [2.75, 3.05) is 10.6 Å². The van der Waals surface area contributed by atoms with E-state index in [1.54, 1.807) is 24.3 Å². The second-order valence-electron chi connectivity index (χ2n) is 5.32. The van der Waals surface area contributed by atoms with Gasteiger partial charge >= 0.3 is 0 Å². The minimum atomic E-state index is -0.316. The van der Waals surface area contributed by atoms with Crippen molar-refractivity contribution in [1.29, 1.82) is 0 Å². The monoisotopic (exact) mass is 372 g/mol. The number of rotatable bonds is 4. The molecule has 25 heavy (non-hydrogen) atoms. The minimum absolute atomic E-state index is 0.244. The van der Waals surface area contributed by atoms with Crippen LogP contribution in [0.25, 0.3) is 0 Å². The van der Waals surface area contributed by atoms with Crippen LogP contribution in [0, 0.1) is 6.92 Å². The number of nitrogens with zero attached hydrogens (tertiary/aromatic N) is 2. The lowest BCUT2D eigenvalue weighted by atomic mass is 10.2. The van der Waals surface area contributed by atoms with Gasteiger partial charge in [-0.1, -0.05) is 41.4 Å². The Labute approximate surface area is 155 Å². The maximum Gasteiger partial charge on any atom is 0.274 e. The van der Waals surface area contributed by atoms with Crippen molar-refractivity contribution in [2.24, 2.45) is 0 Å². The van der Waals surface area contributed by atoms with Gasteiger partial charge in [0.1, 0.15) is 5.69 Å². The Bertz CT molecular complexity index is 910. The van der Waals surface area contributed by atoms with E-state index in [9.17, 15) is 4.79 Å². The van der Waals surface area contributed by atoms with Crippen LogP contribution in [-0.4, -0.2) is 15.9 Å². The molecule has 3 rings (SSSR count). The number of nitrogens with one attached hydrogen (secondary N) is 2. The summed E-state index contributed by atoms with van der Waals surface area (Å²) in [5.41, 5.74) is 2.59. The molecule has 0 saturated heterocycles. The minimum Gasteiger partial charge on any atom is -0.324 e. The summed E-state index contributed by atoms with van der Waals surface area (Å²) in [4.78, 5) is 20.8. The number of aromatic nitrogens is 2. The summed E-state index contributed by atoms with van der Waals surface area (Å²) in [5, 5.41) is 6.80. The zero-order valence-corrected chi connectivity index (χ0v) is 14.8. The number of anilines is 3. The number of hydrogen-bond donors (Lipinski definition) is 2. The highest BCUT2D eigenvalue weighted by molar-refractivity contribution is 6.35. The van der Waals surface area contributed by atoms with Gasteiger partial charge in [0, 0.05) is 27.6 Å². The van der Waals surface area contributed by atoms with Crippen LogP contribution in [-0.2, 0) is 0 Å². The Hall–Kier alpha value is -2.63. The Morgan fingerprint density at radius 1 is 1.04 bits per heavy atom. The molecular weight excluding hydrogens is 359 g/mol. The van der Waals surface area contributed by atoms with Gasteiger partial charge in [0.05, 0.1) is 0 Å². The van der Waals surface area contributed by atoms with Crippen LogP contribution in [0.1, 0.15) is 16.1 Å². The molecule has 0 saturated carbocycles. The number of aryl methyl sites for hydroxylation is 1. The quantitative estimate of drug-likeness (QED) is 0.669. The molecule has 7 heteroatoms. The fourth-order valence-electron chi connectivity index (χ4n) is 2.20. The van der Waals surface area contributed by atoms with Crippen molar-refractivity contribution in [3.8, 4) is 0 Å². The first-order chi connectivity index (χ1) is 12.0. The lowest BCUT2D eigenvalue weighted by Crippen LogP contribution is -2.15. The molecule has 1 aromatic heterocycles. The van der Waals surface area contributed by atoms with Crippen LogP contribution < -0.4 is 10.6 Å². The molecule has 0 aliphatic rings. The van der Waals surface area contributed by atoms with E-state index in [4.69, 9.17) is 23.2 Å². The Morgan fingerprint density at radius 3 is 2.48 bits per heavy atom. The van der Waals surface area contributed by atoms with Crippen LogP contribution in [0.15, 0.2) is 54.7 Å². The van der Waals surface area contributed by atoms with E-state index in [-0.39, 0.29) is 17.5 Å². The van der Waals surface area contributed by atoms with Crippen LogP contribution in [0.4, 0.5) is 17.3 Å². The maximum atomic E-state index is 12.4. The SMILES string of the molecule is Cc1ccccc1NC(=O)c1ccnc(Nc2cc(Cl)cc(Cl)c2)n1. The van der Waals surface area contributed by atoms with E-state index >= 15 is 0 Å². The summed E-state index contributed by atoms with van der Waals surface area (Å²) in [6.07, 6.45) is 1.51. The fraction of sp³-hybridized carbons (Fsp3) is 0.0556. The fourth-order valence-corrected chi connectivity index (χ4v) is 2.73. The van der Waals surface area contributed by atoms with Crippen molar-refractivity contribution >= 4 is 46.4 Å². The average molecular weight is 373 g/mol. The second kappa shape index (κ2) is 7.51. The third kappa shape index (κ3) is 4.47. The zero-order chi connectivity index (χ0) is 17.8. The van der Waals surface area contributed by atoms with Gasteiger partial charge in [-0.05, 0) is 42.8 Å². The maximum absolute atomic E-state index is 12.4. The van der Waals surface area contributed by atoms with Gasteiger partial charge in [0.15, 0.2) is 0 Å². The topological polar surface area (TPSA) is 66.9 Å². The molecule has 0 aliphatic heterocycles. The van der Waals surface area contributed by atoms with E-state index < -0.39 is 0 Å². The summed E-state index contributed by atoms with van der Waals surface area (Å²) in [5.74, 6) is -0.0420. The van der Waals surface area contributed by atoms with Gasteiger partial charge in [-0.15, -0.1) is 0 Å². The molecule has 0 spiro atoms. The van der Waals surface area contributed by atoms with Crippen molar-refractivity contribution < 1.29 is 4.79 Å². The number of para-hydroxylation sites is 1. The van der Waals surface area contributed by atoms with Crippen molar-refractivity contribution in [1.82, 2.24) is 9.97 Å². The summed E-state index contributed by atoms with van der Waals surface area (Å²) < 4.78 is 0. The van der Waals surface area contributed by atoms with Gasteiger partial charge in [0.25, 0.3) is 5.91 Å². The number of halogens is 2. The molecule has 0 fully saturated rings. The van der Waals surface area contributed by atoms with Crippen molar-refractivity contribution in [3.63, 3.8) is 0 Å². The van der Waals surface area contributed by atoms with Crippen LogP contribution >= 0.6 is 23.2 Å². The van der Waals surface area contributed by atoms with Gasteiger partial charge in [0.2, 0.25) is 5.95 Å². The third-order valence-electron chi connectivity index (χ3n) is 3.40. The molecule has 0 atom stereocenters. The Balaban J connectivity index is 1.79. The predicted molar refractivity (Wildman–Crippen MR) is 101 cm³/mol. The first-order valence-electron chi connectivity index (χ1n) is 7.44. The molecule has 1 amide bonds. The van der Waals surface area contributed by atoms with Gasteiger partial charge < -0.3 is 10.6 Å².